The molecule has 47 heavy (non-hydrogen) atoms. The number of aryl methyl sites for hydroxylation is 3. The molecule has 0 aliphatic rings. The molecular weight excluding hydrogens is 593 g/mol. The van der Waals surface area contributed by atoms with Crippen molar-refractivity contribution in [3.05, 3.63) is 137 Å². The first kappa shape index (κ1) is 33.0. The number of carbonyl (C=O) groups is 2. The monoisotopic (exact) mass is 633 g/mol. The van der Waals surface area contributed by atoms with Crippen LogP contribution in [-0.4, -0.2) is 51.7 Å². The number of fused-ring (bicyclic) bond motifs is 1. The normalized spacial score (nSPS) is 11.0. The highest BCUT2D eigenvalue weighted by atomic mass is 19.1. The largest absolute Gasteiger partial charge is 0.384 e. The molecule has 6 N–H and O–H groups in total. The maximum absolute atomic E-state index is 14.4. The van der Waals surface area contributed by atoms with Crippen LogP contribution in [0.1, 0.15) is 44.9 Å². The summed E-state index contributed by atoms with van der Waals surface area (Å²) in [5, 5.41) is 10.7. The minimum absolute atomic E-state index is 0.0264. The molecule has 1 heterocycles. The number of imidazole rings is 1. The van der Waals surface area contributed by atoms with Gasteiger partial charge in [0.15, 0.2) is 0 Å². The van der Waals surface area contributed by atoms with Crippen LogP contribution in [0.15, 0.2) is 97.1 Å². The van der Waals surface area contributed by atoms with E-state index in [0.29, 0.717) is 61.0 Å². The first-order valence-electron chi connectivity index (χ1n) is 15.8. The van der Waals surface area contributed by atoms with Gasteiger partial charge in [0, 0.05) is 55.8 Å². The molecule has 1 aromatic heterocycles. The molecule has 2 amide bonds. The molecule has 10 heteroatoms. The number of carbonyl (C=O) groups excluding carboxylic acids is 2. The fourth-order valence-corrected chi connectivity index (χ4v) is 5.59. The van der Waals surface area contributed by atoms with Crippen molar-refractivity contribution in [1.29, 1.82) is 5.41 Å². The Hall–Kier alpha value is -5.35. The van der Waals surface area contributed by atoms with Gasteiger partial charge in [-0.1, -0.05) is 72.8 Å². The number of nitrogens with two attached hydrogens (primary N) is 2. The molecule has 0 aliphatic heterocycles. The first-order chi connectivity index (χ1) is 22.8. The van der Waals surface area contributed by atoms with Gasteiger partial charge in [-0.3, -0.25) is 15.0 Å². The van der Waals surface area contributed by atoms with E-state index in [0.717, 1.165) is 22.5 Å². The van der Waals surface area contributed by atoms with Crippen LogP contribution in [0.3, 0.4) is 0 Å². The Balaban J connectivity index is 1.34. The highest BCUT2D eigenvalue weighted by Gasteiger charge is 2.20. The summed E-state index contributed by atoms with van der Waals surface area (Å²) in [5.74, 6) is 0.248. The van der Waals surface area contributed by atoms with E-state index < -0.39 is 0 Å². The second-order valence-corrected chi connectivity index (χ2v) is 11.5. The lowest BCUT2D eigenvalue weighted by Gasteiger charge is -2.22. The van der Waals surface area contributed by atoms with Gasteiger partial charge in [0.05, 0.1) is 17.5 Å². The van der Waals surface area contributed by atoms with E-state index in [2.05, 4.69) is 9.88 Å². The Morgan fingerprint density at radius 1 is 0.894 bits per heavy atom. The molecule has 5 rings (SSSR count). The third kappa shape index (κ3) is 8.68. The fraction of sp³-hybridized carbons (Fsp3) is 0.243. The average Bonchev–Trinajstić information content (AvgIpc) is 3.43. The van der Waals surface area contributed by atoms with E-state index in [-0.39, 0.29) is 43.1 Å². The second kappa shape index (κ2) is 15.8. The van der Waals surface area contributed by atoms with Gasteiger partial charge in [-0.05, 0) is 48.2 Å². The van der Waals surface area contributed by atoms with Crippen LogP contribution in [-0.2, 0) is 37.1 Å². The average molecular weight is 634 g/mol. The fourth-order valence-electron chi connectivity index (χ4n) is 5.59. The van der Waals surface area contributed by atoms with E-state index in [1.165, 1.54) is 6.07 Å². The summed E-state index contributed by atoms with van der Waals surface area (Å²) in [4.78, 5) is 32.6. The summed E-state index contributed by atoms with van der Waals surface area (Å²) in [5.41, 5.74) is 16.6. The molecule has 0 unspecified atom stereocenters. The number of amidine groups is 1. The third-order valence-corrected chi connectivity index (χ3v) is 8.07. The minimum Gasteiger partial charge on any atom is -0.384 e. The Morgan fingerprint density at radius 3 is 2.34 bits per heavy atom. The third-order valence-electron chi connectivity index (χ3n) is 8.07. The summed E-state index contributed by atoms with van der Waals surface area (Å²) in [6, 6.07) is 29.1. The SMILES string of the molecule is N=C(N)c1ccc(CCc2nc3cc(C(=O)N(CCN)Cc4ccccc4F)ccc3n2CCCNC(=O)Cc2ccccc2)cc1. The van der Waals surface area contributed by atoms with Crippen molar-refractivity contribution in [2.75, 3.05) is 19.6 Å². The van der Waals surface area contributed by atoms with E-state index in [4.69, 9.17) is 21.9 Å². The predicted molar refractivity (Wildman–Crippen MR) is 183 cm³/mol. The second-order valence-electron chi connectivity index (χ2n) is 11.5. The van der Waals surface area contributed by atoms with Gasteiger partial charge in [0.1, 0.15) is 17.5 Å². The Bertz CT molecular complexity index is 1840. The van der Waals surface area contributed by atoms with E-state index in [1.807, 2.05) is 60.7 Å². The van der Waals surface area contributed by atoms with Gasteiger partial charge >= 0.3 is 0 Å². The van der Waals surface area contributed by atoms with Gasteiger partial charge in [0.2, 0.25) is 5.91 Å². The number of hydrogen-bond donors (Lipinski definition) is 4. The number of amides is 2. The van der Waals surface area contributed by atoms with Crippen molar-refractivity contribution >= 4 is 28.7 Å². The molecule has 0 aliphatic carbocycles. The number of hydrogen-bond acceptors (Lipinski definition) is 5. The van der Waals surface area contributed by atoms with E-state index >= 15 is 0 Å². The molecule has 0 saturated carbocycles. The lowest BCUT2D eigenvalue weighted by molar-refractivity contribution is -0.120. The molecule has 0 radical (unpaired) electrons. The number of rotatable bonds is 15. The molecule has 242 valence electrons. The number of benzene rings is 4. The molecule has 0 spiro atoms. The summed E-state index contributed by atoms with van der Waals surface area (Å²) in [6.07, 6.45) is 2.38. The van der Waals surface area contributed by atoms with Crippen LogP contribution in [0.5, 0.6) is 0 Å². The standard InChI is InChI=1S/C37H40FN7O2/c38-31-10-5-4-9-30(31)25-44(22-19-39)37(47)29-16-17-33-32(24-29)43-34(18-13-26-11-14-28(15-12-26)36(40)41)45(33)21-6-20-42-35(46)23-27-7-2-1-3-8-27/h1-5,7-12,14-17,24H,6,13,18-23,25,39H2,(H3,40,41)(H,42,46). The van der Waals surface area contributed by atoms with Crippen molar-refractivity contribution < 1.29 is 14.0 Å². The molecule has 0 saturated heterocycles. The van der Waals surface area contributed by atoms with E-state index in [9.17, 15) is 14.0 Å². The maximum atomic E-state index is 14.4. The van der Waals surface area contributed by atoms with E-state index in [1.54, 1.807) is 35.2 Å². The number of aromatic nitrogens is 2. The van der Waals surface area contributed by atoms with Crippen molar-refractivity contribution in [3.63, 3.8) is 0 Å². The zero-order valence-electron chi connectivity index (χ0n) is 26.3. The number of halogens is 1. The summed E-state index contributed by atoms with van der Waals surface area (Å²) in [6.45, 7) is 1.77. The first-order valence-corrected chi connectivity index (χ1v) is 15.8. The number of nitrogen functional groups attached to an aromatic ring is 1. The summed E-state index contributed by atoms with van der Waals surface area (Å²) >= 11 is 0. The maximum Gasteiger partial charge on any atom is 0.254 e. The number of nitrogens with zero attached hydrogens (tertiary/aromatic N) is 3. The van der Waals surface area contributed by atoms with Gasteiger partial charge in [-0.15, -0.1) is 0 Å². The molecule has 9 nitrogen and oxygen atoms in total. The molecule has 0 bridgehead atoms. The topological polar surface area (TPSA) is 143 Å². The molecular formula is C37H40FN7O2. The minimum atomic E-state index is -0.367. The van der Waals surface area contributed by atoms with Crippen molar-refractivity contribution in [3.8, 4) is 0 Å². The highest BCUT2D eigenvalue weighted by Crippen LogP contribution is 2.22. The Kier molecular flexibility index (Phi) is 11.1. The zero-order chi connectivity index (χ0) is 33.2. The molecule has 0 fully saturated rings. The van der Waals surface area contributed by atoms with Crippen molar-refractivity contribution in [2.45, 2.75) is 38.8 Å². The van der Waals surface area contributed by atoms with Gasteiger partial charge in [-0.2, -0.15) is 0 Å². The quantitative estimate of drug-likeness (QED) is 0.0758. The van der Waals surface area contributed by atoms with Crippen LogP contribution in [0.2, 0.25) is 0 Å². The van der Waals surface area contributed by atoms with Crippen LogP contribution in [0, 0.1) is 11.2 Å². The Labute approximate surface area is 273 Å². The van der Waals surface area contributed by atoms with Crippen LogP contribution in [0.4, 0.5) is 4.39 Å². The highest BCUT2D eigenvalue weighted by molar-refractivity contribution is 5.97. The lowest BCUT2D eigenvalue weighted by atomic mass is 10.1. The van der Waals surface area contributed by atoms with Gasteiger partial charge in [-0.25, -0.2) is 9.37 Å². The summed E-state index contributed by atoms with van der Waals surface area (Å²) < 4.78 is 16.6. The van der Waals surface area contributed by atoms with Crippen LogP contribution < -0.4 is 16.8 Å². The summed E-state index contributed by atoms with van der Waals surface area (Å²) in [7, 11) is 0. The zero-order valence-corrected chi connectivity index (χ0v) is 26.3. The van der Waals surface area contributed by atoms with Gasteiger partial charge < -0.3 is 26.3 Å². The molecule has 5 aromatic rings. The van der Waals surface area contributed by atoms with Crippen LogP contribution in [0.25, 0.3) is 11.0 Å². The van der Waals surface area contributed by atoms with Gasteiger partial charge in [0.25, 0.3) is 5.91 Å². The lowest BCUT2D eigenvalue weighted by Crippen LogP contribution is -2.35. The van der Waals surface area contributed by atoms with Crippen molar-refractivity contribution in [1.82, 2.24) is 19.8 Å². The predicted octanol–water partition coefficient (Wildman–Crippen LogP) is 4.59. The molecule has 4 aromatic carbocycles. The number of nitrogens with one attached hydrogen (secondary N) is 2. The molecule has 0 atom stereocenters. The van der Waals surface area contributed by atoms with Crippen molar-refractivity contribution in [2.24, 2.45) is 11.5 Å². The van der Waals surface area contributed by atoms with Crippen LogP contribution >= 0.6 is 0 Å². The Morgan fingerprint density at radius 2 is 1.62 bits per heavy atom. The smallest absolute Gasteiger partial charge is 0.254 e.